The first-order chi connectivity index (χ1) is 23.5. The Bertz CT molecular complexity index is 1820. The van der Waals surface area contributed by atoms with Crippen LogP contribution in [0.3, 0.4) is 0 Å². The Balaban J connectivity index is 1.26. The van der Waals surface area contributed by atoms with Gasteiger partial charge in [-0.1, -0.05) is 96.3 Å². The maximum Gasteiger partial charge on any atom is 0.234 e. The fourth-order valence-electron chi connectivity index (χ4n) is 4.75. The molecule has 242 valence electrons. The smallest absolute Gasteiger partial charge is 0.234 e. The van der Waals surface area contributed by atoms with E-state index in [1.165, 1.54) is 0 Å². The van der Waals surface area contributed by atoms with Gasteiger partial charge < -0.3 is 20.8 Å². The van der Waals surface area contributed by atoms with Crippen molar-refractivity contribution in [2.24, 2.45) is 0 Å². The lowest BCUT2D eigenvalue weighted by atomic mass is 10.1. The van der Waals surface area contributed by atoms with Crippen LogP contribution in [0.1, 0.15) is 23.9 Å². The summed E-state index contributed by atoms with van der Waals surface area (Å²) in [4.78, 5) is 25.4. The summed E-state index contributed by atoms with van der Waals surface area (Å²) in [6.07, 6.45) is -3.20. The highest BCUT2D eigenvalue weighted by Crippen LogP contribution is 2.34. The standard InChI is InChI=1S/C34H30N8O4S2/c43-27(35-23-13-5-1-6-14-23)21-47-33-39-37-31(41(33)25-17-9-3-10-18-25)29(45)30(46)32-38-40-34(42(32)26-19-11-4-12-20-26)48-22-28(44)36-24-15-7-2-8-16-24/h1-20,29-30,45-46H,21-22H2,(H,35,43)(H,36,44)/t29-,30-/m1/s1. The van der Waals surface area contributed by atoms with E-state index in [-0.39, 0.29) is 35.0 Å². The number of carbonyl (C=O) groups excluding carboxylic acids is 2. The number of nitrogens with one attached hydrogen (secondary N) is 2. The third-order valence-electron chi connectivity index (χ3n) is 6.95. The predicted octanol–water partition coefficient (Wildman–Crippen LogP) is 5.08. The second kappa shape index (κ2) is 15.5. The molecule has 14 heteroatoms. The third kappa shape index (κ3) is 7.81. The van der Waals surface area contributed by atoms with Crippen molar-refractivity contribution in [2.45, 2.75) is 22.5 Å². The lowest BCUT2D eigenvalue weighted by molar-refractivity contribution is -0.114. The maximum atomic E-state index is 12.7. The number of para-hydroxylation sites is 4. The minimum atomic E-state index is -1.60. The zero-order valence-electron chi connectivity index (χ0n) is 25.3. The molecule has 48 heavy (non-hydrogen) atoms. The van der Waals surface area contributed by atoms with Gasteiger partial charge in [0, 0.05) is 22.7 Å². The van der Waals surface area contributed by atoms with Gasteiger partial charge in [-0.15, -0.1) is 20.4 Å². The molecule has 0 saturated heterocycles. The summed E-state index contributed by atoms with van der Waals surface area (Å²) in [5.41, 5.74) is 2.59. The molecule has 2 amide bonds. The number of benzene rings is 4. The Hall–Kier alpha value is -5.28. The highest BCUT2D eigenvalue weighted by atomic mass is 32.2. The SMILES string of the molecule is O=C(CSc1nnc([C@H](O)[C@@H](O)c2nnc(SCC(=O)Nc3ccccc3)n2-c2ccccc2)n1-c1ccccc1)Nc1ccccc1. The van der Waals surface area contributed by atoms with E-state index in [0.717, 1.165) is 23.5 Å². The van der Waals surface area contributed by atoms with Crippen LogP contribution in [0.2, 0.25) is 0 Å². The van der Waals surface area contributed by atoms with Gasteiger partial charge in [0.15, 0.2) is 22.0 Å². The molecule has 2 aromatic heterocycles. The molecule has 0 bridgehead atoms. The Morgan fingerprint density at radius 3 is 1.23 bits per heavy atom. The Kier molecular flexibility index (Phi) is 10.6. The van der Waals surface area contributed by atoms with E-state index >= 15 is 0 Å². The Morgan fingerprint density at radius 1 is 0.542 bits per heavy atom. The molecule has 0 spiro atoms. The minimum absolute atomic E-state index is 0.0271. The van der Waals surface area contributed by atoms with Gasteiger partial charge in [-0.2, -0.15) is 0 Å². The van der Waals surface area contributed by atoms with E-state index in [1.54, 1.807) is 33.4 Å². The van der Waals surface area contributed by atoms with Crippen LogP contribution in [-0.2, 0) is 9.59 Å². The Labute approximate surface area is 284 Å². The lowest BCUT2D eigenvalue weighted by Crippen LogP contribution is -2.20. The molecule has 0 aliphatic rings. The molecular weight excluding hydrogens is 649 g/mol. The van der Waals surface area contributed by atoms with Crippen LogP contribution in [0.4, 0.5) is 11.4 Å². The van der Waals surface area contributed by atoms with E-state index in [4.69, 9.17) is 0 Å². The second-order valence-electron chi connectivity index (χ2n) is 10.3. The fourth-order valence-corrected chi connectivity index (χ4v) is 6.27. The van der Waals surface area contributed by atoms with Gasteiger partial charge in [-0.25, -0.2) is 0 Å². The maximum absolute atomic E-state index is 12.7. The van der Waals surface area contributed by atoms with Crippen LogP contribution in [0, 0.1) is 0 Å². The van der Waals surface area contributed by atoms with Crippen molar-refractivity contribution >= 4 is 46.7 Å². The number of aliphatic hydroxyl groups excluding tert-OH is 2. The van der Waals surface area contributed by atoms with Gasteiger partial charge in [-0.3, -0.25) is 18.7 Å². The van der Waals surface area contributed by atoms with Gasteiger partial charge in [0.05, 0.1) is 11.5 Å². The molecule has 0 fully saturated rings. The van der Waals surface area contributed by atoms with Crippen molar-refractivity contribution in [3.63, 3.8) is 0 Å². The molecule has 2 atom stereocenters. The molecule has 2 heterocycles. The summed E-state index contributed by atoms with van der Waals surface area (Å²) in [6, 6.07) is 36.4. The quantitative estimate of drug-likeness (QED) is 0.121. The van der Waals surface area contributed by atoms with Crippen LogP contribution in [0.15, 0.2) is 132 Å². The molecule has 0 unspecified atom stereocenters. The first kappa shape index (κ1) is 32.7. The molecule has 0 aliphatic heterocycles. The van der Waals surface area contributed by atoms with Gasteiger partial charge >= 0.3 is 0 Å². The van der Waals surface area contributed by atoms with Crippen molar-refractivity contribution in [1.29, 1.82) is 0 Å². The average Bonchev–Trinajstić information content (AvgIpc) is 3.75. The van der Waals surface area contributed by atoms with Gasteiger partial charge in [0.2, 0.25) is 11.8 Å². The first-order valence-electron chi connectivity index (χ1n) is 14.8. The average molecular weight is 679 g/mol. The molecule has 6 rings (SSSR count). The fraction of sp³-hybridized carbons (Fsp3) is 0.118. The predicted molar refractivity (Wildman–Crippen MR) is 184 cm³/mol. The molecule has 0 saturated carbocycles. The van der Waals surface area contributed by atoms with Crippen LogP contribution >= 0.6 is 23.5 Å². The normalized spacial score (nSPS) is 12.3. The summed E-state index contributed by atoms with van der Waals surface area (Å²) in [7, 11) is 0. The molecular formula is C34H30N8O4S2. The molecule has 4 aromatic carbocycles. The minimum Gasteiger partial charge on any atom is -0.382 e. The van der Waals surface area contributed by atoms with Gasteiger partial charge in [0.1, 0.15) is 12.2 Å². The zero-order chi connectivity index (χ0) is 33.3. The van der Waals surface area contributed by atoms with Crippen molar-refractivity contribution in [3.8, 4) is 11.4 Å². The highest BCUT2D eigenvalue weighted by molar-refractivity contribution is 8.00. The van der Waals surface area contributed by atoms with Crippen molar-refractivity contribution in [1.82, 2.24) is 29.5 Å². The molecule has 0 radical (unpaired) electrons. The number of carbonyl (C=O) groups is 2. The molecule has 6 aromatic rings. The summed E-state index contributed by atoms with van der Waals surface area (Å²) < 4.78 is 3.20. The Morgan fingerprint density at radius 2 is 0.875 bits per heavy atom. The van der Waals surface area contributed by atoms with E-state index in [1.807, 2.05) is 97.1 Å². The van der Waals surface area contributed by atoms with Crippen molar-refractivity contribution in [2.75, 3.05) is 22.1 Å². The zero-order valence-corrected chi connectivity index (χ0v) is 27.0. The third-order valence-corrected chi connectivity index (χ3v) is 8.81. The molecule has 0 aliphatic carbocycles. The van der Waals surface area contributed by atoms with E-state index in [0.29, 0.717) is 33.1 Å². The number of rotatable bonds is 13. The monoisotopic (exact) mass is 678 g/mol. The number of aromatic nitrogens is 6. The first-order valence-corrected chi connectivity index (χ1v) is 16.8. The number of anilines is 2. The summed E-state index contributed by atoms with van der Waals surface area (Å²) >= 11 is 2.28. The highest BCUT2D eigenvalue weighted by Gasteiger charge is 2.33. The largest absolute Gasteiger partial charge is 0.382 e. The van der Waals surface area contributed by atoms with Crippen LogP contribution in [-0.4, -0.2) is 63.1 Å². The van der Waals surface area contributed by atoms with Crippen LogP contribution in [0.5, 0.6) is 0 Å². The molecule has 4 N–H and O–H groups in total. The van der Waals surface area contributed by atoms with Crippen LogP contribution < -0.4 is 10.6 Å². The second-order valence-corrected chi connectivity index (χ2v) is 12.2. The van der Waals surface area contributed by atoms with E-state index in [9.17, 15) is 19.8 Å². The summed E-state index contributed by atoms with van der Waals surface area (Å²) in [5.74, 6) is -0.348. The number of hydrogen-bond donors (Lipinski definition) is 4. The lowest BCUT2D eigenvalue weighted by Gasteiger charge is -2.20. The summed E-state index contributed by atoms with van der Waals surface area (Å²) in [6.45, 7) is 0. The number of hydrogen-bond acceptors (Lipinski definition) is 10. The number of thioether (sulfide) groups is 2. The number of amides is 2. The van der Waals surface area contributed by atoms with Gasteiger partial charge in [-0.05, 0) is 48.5 Å². The number of nitrogens with zero attached hydrogens (tertiary/aromatic N) is 6. The summed E-state index contributed by atoms with van der Waals surface area (Å²) in [5, 5.41) is 46.6. The van der Waals surface area contributed by atoms with Crippen LogP contribution in [0.25, 0.3) is 11.4 Å². The molecule has 12 nitrogen and oxygen atoms in total. The van der Waals surface area contributed by atoms with Crippen molar-refractivity contribution < 1.29 is 19.8 Å². The number of aliphatic hydroxyl groups is 2. The van der Waals surface area contributed by atoms with Crippen molar-refractivity contribution in [3.05, 3.63) is 133 Å². The van der Waals surface area contributed by atoms with E-state index in [2.05, 4.69) is 31.0 Å². The van der Waals surface area contributed by atoms with E-state index < -0.39 is 12.2 Å². The van der Waals surface area contributed by atoms with Gasteiger partial charge in [0.25, 0.3) is 0 Å². The topological polar surface area (TPSA) is 160 Å².